The molecule has 2 atom stereocenters. The van der Waals surface area contributed by atoms with Crippen LogP contribution in [0.3, 0.4) is 0 Å². The van der Waals surface area contributed by atoms with Gasteiger partial charge in [-0.1, -0.05) is 20.8 Å². The Morgan fingerprint density at radius 2 is 2.00 bits per heavy atom. The van der Waals surface area contributed by atoms with Crippen molar-refractivity contribution < 1.29 is 14.3 Å². The largest absolute Gasteiger partial charge is 0.464 e. The van der Waals surface area contributed by atoms with Crippen LogP contribution in [0, 0.1) is 5.41 Å². The molecular formula is C13H22O3. The van der Waals surface area contributed by atoms with E-state index in [-0.39, 0.29) is 17.0 Å². The number of epoxide rings is 1. The molecule has 2 rings (SSSR count). The standard InChI is InChI=1S/C13H22O3/c1-5-12(10(14)15-6-2)13(16-12)9-7-8-11(13,3)4/h5-9H2,1-4H3. The van der Waals surface area contributed by atoms with Crippen molar-refractivity contribution >= 4 is 5.97 Å². The van der Waals surface area contributed by atoms with Crippen LogP contribution in [0.5, 0.6) is 0 Å². The number of carbonyl (C=O) groups is 1. The van der Waals surface area contributed by atoms with Crippen LogP contribution >= 0.6 is 0 Å². The highest BCUT2D eigenvalue weighted by molar-refractivity contribution is 5.85. The SMILES string of the molecule is CCOC(=O)C1(CC)OC12CCCC2(C)C. The summed E-state index contributed by atoms with van der Waals surface area (Å²) < 4.78 is 11.1. The maximum atomic E-state index is 12.1. The van der Waals surface area contributed by atoms with Crippen molar-refractivity contribution in [1.29, 1.82) is 0 Å². The molecule has 2 aliphatic rings. The van der Waals surface area contributed by atoms with E-state index in [9.17, 15) is 4.79 Å². The number of esters is 1. The lowest BCUT2D eigenvalue weighted by atomic mass is 9.73. The van der Waals surface area contributed by atoms with Gasteiger partial charge in [-0.25, -0.2) is 4.79 Å². The van der Waals surface area contributed by atoms with Gasteiger partial charge in [-0.3, -0.25) is 0 Å². The van der Waals surface area contributed by atoms with Crippen LogP contribution in [0.4, 0.5) is 0 Å². The number of hydrogen-bond donors (Lipinski definition) is 0. The highest BCUT2D eigenvalue weighted by Crippen LogP contribution is 2.67. The third kappa shape index (κ3) is 1.21. The Hall–Kier alpha value is -0.570. The number of hydrogen-bond acceptors (Lipinski definition) is 3. The van der Waals surface area contributed by atoms with E-state index in [4.69, 9.17) is 9.47 Å². The lowest BCUT2D eigenvalue weighted by Gasteiger charge is -2.26. The van der Waals surface area contributed by atoms with Crippen molar-refractivity contribution in [3.05, 3.63) is 0 Å². The molecule has 16 heavy (non-hydrogen) atoms. The van der Waals surface area contributed by atoms with Gasteiger partial charge in [0.1, 0.15) is 5.60 Å². The Kier molecular flexibility index (Phi) is 2.57. The fraction of sp³-hybridized carbons (Fsp3) is 0.923. The second kappa shape index (κ2) is 3.46. The molecule has 1 aliphatic carbocycles. The van der Waals surface area contributed by atoms with Crippen molar-refractivity contribution in [1.82, 2.24) is 0 Å². The summed E-state index contributed by atoms with van der Waals surface area (Å²) in [5, 5.41) is 0. The number of rotatable bonds is 3. The van der Waals surface area contributed by atoms with Gasteiger partial charge in [0, 0.05) is 0 Å². The van der Waals surface area contributed by atoms with Gasteiger partial charge in [0.2, 0.25) is 0 Å². The van der Waals surface area contributed by atoms with Gasteiger partial charge < -0.3 is 9.47 Å². The molecule has 2 fully saturated rings. The Bertz CT molecular complexity index is 310. The van der Waals surface area contributed by atoms with Crippen molar-refractivity contribution in [3.63, 3.8) is 0 Å². The van der Waals surface area contributed by atoms with Gasteiger partial charge in [0.15, 0.2) is 5.60 Å². The van der Waals surface area contributed by atoms with Crippen molar-refractivity contribution in [3.8, 4) is 0 Å². The first-order valence-corrected chi connectivity index (χ1v) is 6.33. The Morgan fingerprint density at radius 1 is 1.31 bits per heavy atom. The molecule has 2 unspecified atom stereocenters. The molecule has 1 heterocycles. The van der Waals surface area contributed by atoms with Gasteiger partial charge in [-0.15, -0.1) is 0 Å². The topological polar surface area (TPSA) is 38.8 Å². The zero-order valence-corrected chi connectivity index (χ0v) is 10.8. The molecule has 1 saturated heterocycles. The molecule has 0 radical (unpaired) electrons. The lowest BCUT2D eigenvalue weighted by Crippen LogP contribution is -2.41. The van der Waals surface area contributed by atoms with Crippen molar-refractivity contribution in [2.45, 2.75) is 64.6 Å². The highest BCUT2D eigenvalue weighted by Gasteiger charge is 2.80. The summed E-state index contributed by atoms with van der Waals surface area (Å²) in [6.45, 7) is 8.70. The summed E-state index contributed by atoms with van der Waals surface area (Å²) in [4.78, 5) is 12.1. The lowest BCUT2D eigenvalue weighted by molar-refractivity contribution is -0.149. The van der Waals surface area contributed by atoms with Crippen LogP contribution in [0.1, 0.15) is 53.4 Å². The molecule has 0 aromatic carbocycles. The van der Waals surface area contributed by atoms with Crippen LogP contribution in [0.2, 0.25) is 0 Å². The van der Waals surface area contributed by atoms with E-state index in [1.807, 2.05) is 13.8 Å². The summed E-state index contributed by atoms with van der Waals surface area (Å²) in [5.74, 6) is -0.160. The Morgan fingerprint density at radius 3 is 2.44 bits per heavy atom. The maximum absolute atomic E-state index is 12.1. The second-order valence-electron chi connectivity index (χ2n) is 5.57. The first-order chi connectivity index (χ1) is 7.46. The molecule has 0 bridgehead atoms. The van der Waals surface area contributed by atoms with E-state index in [1.165, 1.54) is 0 Å². The minimum Gasteiger partial charge on any atom is -0.464 e. The summed E-state index contributed by atoms with van der Waals surface area (Å²) in [7, 11) is 0. The molecule has 0 aromatic heterocycles. The van der Waals surface area contributed by atoms with Gasteiger partial charge in [-0.2, -0.15) is 0 Å². The third-order valence-electron chi connectivity index (χ3n) is 4.49. The van der Waals surface area contributed by atoms with E-state index in [0.717, 1.165) is 25.7 Å². The van der Waals surface area contributed by atoms with Crippen LogP contribution in [-0.4, -0.2) is 23.8 Å². The van der Waals surface area contributed by atoms with Crippen molar-refractivity contribution in [2.75, 3.05) is 6.61 Å². The van der Waals surface area contributed by atoms with Crippen LogP contribution in [0.15, 0.2) is 0 Å². The van der Waals surface area contributed by atoms with E-state index in [1.54, 1.807) is 0 Å². The molecule has 92 valence electrons. The van der Waals surface area contributed by atoms with Gasteiger partial charge in [-0.05, 0) is 38.0 Å². The van der Waals surface area contributed by atoms with Crippen LogP contribution in [0.25, 0.3) is 0 Å². The van der Waals surface area contributed by atoms with E-state index in [0.29, 0.717) is 6.61 Å². The third-order valence-corrected chi connectivity index (χ3v) is 4.49. The molecule has 1 saturated carbocycles. The van der Waals surface area contributed by atoms with Crippen molar-refractivity contribution in [2.24, 2.45) is 5.41 Å². The van der Waals surface area contributed by atoms with E-state index in [2.05, 4.69) is 13.8 Å². The summed E-state index contributed by atoms with van der Waals surface area (Å²) >= 11 is 0. The smallest absolute Gasteiger partial charge is 0.341 e. The number of ether oxygens (including phenoxy) is 2. The zero-order chi connectivity index (χ0) is 12.0. The minimum atomic E-state index is -0.650. The van der Waals surface area contributed by atoms with Gasteiger partial charge in [0.05, 0.1) is 6.61 Å². The quantitative estimate of drug-likeness (QED) is 0.548. The van der Waals surface area contributed by atoms with Crippen LogP contribution < -0.4 is 0 Å². The fourth-order valence-corrected chi connectivity index (χ4v) is 3.49. The van der Waals surface area contributed by atoms with E-state index >= 15 is 0 Å². The normalized spacial score (nSPS) is 40.0. The van der Waals surface area contributed by atoms with Gasteiger partial charge in [0.25, 0.3) is 0 Å². The first kappa shape index (κ1) is 11.9. The zero-order valence-electron chi connectivity index (χ0n) is 10.8. The molecule has 3 nitrogen and oxygen atoms in total. The Balaban J connectivity index is 2.25. The Labute approximate surface area is 97.5 Å². The minimum absolute atomic E-state index is 0.0930. The van der Waals surface area contributed by atoms with Gasteiger partial charge >= 0.3 is 5.97 Å². The molecule has 0 N–H and O–H groups in total. The average Bonchev–Trinajstić information content (AvgIpc) is 2.80. The van der Waals surface area contributed by atoms with Crippen LogP contribution in [-0.2, 0) is 14.3 Å². The summed E-state index contributed by atoms with van der Waals surface area (Å²) in [6, 6.07) is 0. The number of carbonyl (C=O) groups excluding carboxylic acids is 1. The highest BCUT2D eigenvalue weighted by atomic mass is 16.7. The molecule has 0 aromatic rings. The predicted molar refractivity (Wildman–Crippen MR) is 61.1 cm³/mol. The summed E-state index contributed by atoms with van der Waals surface area (Å²) in [6.07, 6.45) is 3.99. The average molecular weight is 226 g/mol. The molecule has 0 amide bonds. The van der Waals surface area contributed by atoms with E-state index < -0.39 is 5.60 Å². The maximum Gasteiger partial charge on any atom is 0.341 e. The molecule has 1 spiro atoms. The molecule has 1 aliphatic heterocycles. The predicted octanol–water partition coefficient (Wildman–Crippen LogP) is 2.68. The first-order valence-electron chi connectivity index (χ1n) is 6.33. The second-order valence-corrected chi connectivity index (χ2v) is 5.57. The monoisotopic (exact) mass is 226 g/mol. The molecule has 3 heteroatoms. The molecular weight excluding hydrogens is 204 g/mol. The summed E-state index contributed by atoms with van der Waals surface area (Å²) in [5.41, 5.74) is -0.806. The fourth-order valence-electron chi connectivity index (χ4n) is 3.49.